The molecule has 21 heavy (non-hydrogen) atoms. The quantitative estimate of drug-likeness (QED) is 0.476. The van der Waals surface area contributed by atoms with Gasteiger partial charge in [-0.05, 0) is 30.0 Å². The Morgan fingerprint density at radius 1 is 1.24 bits per heavy atom. The van der Waals surface area contributed by atoms with E-state index in [0.29, 0.717) is 5.56 Å². The lowest BCUT2D eigenvalue weighted by Gasteiger charge is -2.20. The molecule has 0 aliphatic heterocycles. The fourth-order valence-electron chi connectivity index (χ4n) is 1.82. The maximum atomic E-state index is 11.9. The standard InChI is InChI=1S/C14H20N2O5/c1-7(2)12(14(20)21)16-13(19)9(15)5-8-3-4-10(17)11(18)6-8/h3-4,6-7,9,12,17-18H,5,15H2,1-2H3,(H,16,19)(H,20,21)/t9-,12-/m0/s1. The molecular formula is C14H20N2O5. The fraction of sp³-hybridized carbons (Fsp3) is 0.429. The number of nitrogens with one attached hydrogen (secondary N) is 1. The normalized spacial score (nSPS) is 13.7. The van der Waals surface area contributed by atoms with E-state index in [2.05, 4.69) is 5.32 Å². The number of phenols is 2. The van der Waals surface area contributed by atoms with Crippen LogP contribution in [0.15, 0.2) is 18.2 Å². The second-order valence-corrected chi connectivity index (χ2v) is 5.20. The Balaban J connectivity index is 2.69. The molecule has 0 saturated carbocycles. The zero-order valence-electron chi connectivity index (χ0n) is 11.9. The zero-order chi connectivity index (χ0) is 16.2. The van der Waals surface area contributed by atoms with Crippen LogP contribution in [0.5, 0.6) is 11.5 Å². The van der Waals surface area contributed by atoms with E-state index >= 15 is 0 Å². The number of benzene rings is 1. The summed E-state index contributed by atoms with van der Waals surface area (Å²) in [6, 6.07) is 2.17. The number of aromatic hydroxyl groups is 2. The van der Waals surface area contributed by atoms with Gasteiger partial charge in [-0.15, -0.1) is 0 Å². The molecule has 0 aliphatic carbocycles. The highest BCUT2D eigenvalue weighted by molar-refractivity contribution is 5.87. The largest absolute Gasteiger partial charge is 0.504 e. The van der Waals surface area contributed by atoms with Gasteiger partial charge in [-0.3, -0.25) is 4.79 Å². The highest BCUT2D eigenvalue weighted by Crippen LogP contribution is 2.25. The molecule has 1 aromatic rings. The third-order valence-corrected chi connectivity index (χ3v) is 3.06. The first-order valence-electron chi connectivity index (χ1n) is 6.52. The average molecular weight is 296 g/mol. The second-order valence-electron chi connectivity index (χ2n) is 5.20. The summed E-state index contributed by atoms with van der Waals surface area (Å²) in [5.41, 5.74) is 6.30. The van der Waals surface area contributed by atoms with Crippen LogP contribution in [-0.2, 0) is 16.0 Å². The number of phenolic OH excluding ortho intramolecular Hbond substituents is 2. The van der Waals surface area contributed by atoms with Crippen molar-refractivity contribution in [1.29, 1.82) is 0 Å². The minimum atomic E-state index is -1.12. The summed E-state index contributed by atoms with van der Waals surface area (Å²) in [6.45, 7) is 3.37. The molecule has 1 aromatic carbocycles. The SMILES string of the molecule is CC(C)[C@H](NC(=O)[C@@H](N)Cc1ccc(O)c(O)c1)C(=O)O. The highest BCUT2D eigenvalue weighted by Gasteiger charge is 2.26. The Bertz CT molecular complexity index is 530. The van der Waals surface area contributed by atoms with Crippen LogP contribution >= 0.6 is 0 Å². The molecule has 0 bridgehead atoms. The molecule has 7 heteroatoms. The van der Waals surface area contributed by atoms with E-state index < -0.39 is 24.0 Å². The minimum absolute atomic E-state index is 0.115. The summed E-state index contributed by atoms with van der Waals surface area (Å²) in [6.07, 6.45) is 0.115. The van der Waals surface area contributed by atoms with Crippen molar-refractivity contribution in [1.82, 2.24) is 5.32 Å². The molecule has 0 fully saturated rings. The van der Waals surface area contributed by atoms with Gasteiger partial charge in [-0.25, -0.2) is 4.79 Å². The van der Waals surface area contributed by atoms with Gasteiger partial charge in [0.25, 0.3) is 0 Å². The van der Waals surface area contributed by atoms with Crippen LogP contribution < -0.4 is 11.1 Å². The summed E-state index contributed by atoms with van der Waals surface area (Å²) < 4.78 is 0. The minimum Gasteiger partial charge on any atom is -0.504 e. The van der Waals surface area contributed by atoms with Crippen LogP contribution in [0.4, 0.5) is 0 Å². The van der Waals surface area contributed by atoms with Crippen molar-refractivity contribution in [3.05, 3.63) is 23.8 Å². The van der Waals surface area contributed by atoms with E-state index in [0.717, 1.165) is 0 Å². The van der Waals surface area contributed by atoms with E-state index in [1.807, 2.05) is 0 Å². The van der Waals surface area contributed by atoms with Crippen molar-refractivity contribution >= 4 is 11.9 Å². The smallest absolute Gasteiger partial charge is 0.326 e. The molecule has 1 rings (SSSR count). The number of hydrogen-bond acceptors (Lipinski definition) is 5. The monoisotopic (exact) mass is 296 g/mol. The molecule has 1 amide bonds. The molecule has 0 aliphatic rings. The summed E-state index contributed by atoms with van der Waals surface area (Å²) in [5, 5.41) is 30.0. The molecular weight excluding hydrogens is 276 g/mol. The van der Waals surface area contributed by atoms with Crippen LogP contribution in [0.25, 0.3) is 0 Å². The third kappa shape index (κ3) is 4.64. The Kier molecular flexibility index (Phi) is 5.54. The van der Waals surface area contributed by atoms with Gasteiger partial charge >= 0.3 is 5.97 Å². The predicted molar refractivity (Wildman–Crippen MR) is 75.9 cm³/mol. The number of hydrogen-bond donors (Lipinski definition) is 5. The molecule has 116 valence electrons. The fourth-order valence-corrected chi connectivity index (χ4v) is 1.82. The Labute approximate surface area is 122 Å². The summed E-state index contributed by atoms with van der Waals surface area (Å²) in [7, 11) is 0. The van der Waals surface area contributed by atoms with Crippen LogP contribution in [0, 0.1) is 5.92 Å². The molecule has 0 heterocycles. The second kappa shape index (κ2) is 6.94. The maximum Gasteiger partial charge on any atom is 0.326 e. The van der Waals surface area contributed by atoms with E-state index in [9.17, 15) is 19.8 Å². The molecule has 0 unspecified atom stereocenters. The number of nitrogens with two attached hydrogens (primary N) is 1. The van der Waals surface area contributed by atoms with Crippen LogP contribution in [0.1, 0.15) is 19.4 Å². The third-order valence-electron chi connectivity index (χ3n) is 3.06. The van der Waals surface area contributed by atoms with Crippen molar-refractivity contribution in [3.63, 3.8) is 0 Å². The number of carbonyl (C=O) groups is 2. The summed E-state index contributed by atoms with van der Waals surface area (Å²) >= 11 is 0. The molecule has 0 radical (unpaired) electrons. The lowest BCUT2D eigenvalue weighted by Crippen LogP contribution is -2.51. The first-order chi connectivity index (χ1) is 9.72. The van der Waals surface area contributed by atoms with E-state index in [4.69, 9.17) is 10.8 Å². The lowest BCUT2D eigenvalue weighted by atomic mass is 10.0. The number of carbonyl (C=O) groups excluding carboxylic acids is 1. The van der Waals surface area contributed by atoms with Crippen molar-refractivity contribution in [3.8, 4) is 11.5 Å². The first kappa shape index (κ1) is 16.8. The van der Waals surface area contributed by atoms with Gasteiger partial charge in [0.1, 0.15) is 6.04 Å². The Hall–Kier alpha value is -2.28. The van der Waals surface area contributed by atoms with Gasteiger partial charge in [-0.1, -0.05) is 19.9 Å². The van der Waals surface area contributed by atoms with Crippen molar-refractivity contribution in [2.24, 2.45) is 11.7 Å². The number of carboxylic acid groups (broad SMARTS) is 1. The number of carboxylic acids is 1. The Morgan fingerprint density at radius 2 is 1.86 bits per heavy atom. The Morgan fingerprint density at radius 3 is 2.33 bits per heavy atom. The number of amides is 1. The molecule has 7 nitrogen and oxygen atoms in total. The summed E-state index contributed by atoms with van der Waals surface area (Å²) in [5.74, 6) is -2.53. The molecule has 0 aromatic heterocycles. The van der Waals surface area contributed by atoms with Crippen molar-refractivity contribution in [2.45, 2.75) is 32.4 Å². The van der Waals surface area contributed by atoms with Crippen LogP contribution in [0.3, 0.4) is 0 Å². The average Bonchev–Trinajstić information content (AvgIpc) is 2.39. The predicted octanol–water partition coefficient (Wildman–Crippen LogP) is 0.193. The van der Waals surface area contributed by atoms with Gasteiger partial charge in [-0.2, -0.15) is 0 Å². The molecule has 0 saturated heterocycles. The topological polar surface area (TPSA) is 133 Å². The van der Waals surface area contributed by atoms with Gasteiger partial charge < -0.3 is 26.4 Å². The van der Waals surface area contributed by atoms with E-state index in [1.165, 1.54) is 18.2 Å². The molecule has 6 N–H and O–H groups in total. The molecule has 2 atom stereocenters. The molecule has 0 spiro atoms. The van der Waals surface area contributed by atoms with Gasteiger partial charge in [0, 0.05) is 0 Å². The van der Waals surface area contributed by atoms with E-state index in [-0.39, 0.29) is 23.8 Å². The van der Waals surface area contributed by atoms with Gasteiger partial charge in [0.05, 0.1) is 6.04 Å². The van der Waals surface area contributed by atoms with Gasteiger partial charge in [0.15, 0.2) is 11.5 Å². The highest BCUT2D eigenvalue weighted by atomic mass is 16.4. The number of aliphatic carboxylic acids is 1. The van der Waals surface area contributed by atoms with Crippen LogP contribution in [-0.4, -0.2) is 39.3 Å². The lowest BCUT2D eigenvalue weighted by molar-refractivity contribution is -0.143. The number of rotatable bonds is 6. The van der Waals surface area contributed by atoms with Crippen molar-refractivity contribution < 1.29 is 24.9 Å². The van der Waals surface area contributed by atoms with E-state index in [1.54, 1.807) is 13.8 Å². The summed E-state index contributed by atoms with van der Waals surface area (Å²) in [4.78, 5) is 22.9. The zero-order valence-corrected chi connectivity index (χ0v) is 11.9. The van der Waals surface area contributed by atoms with Gasteiger partial charge in [0.2, 0.25) is 5.91 Å². The first-order valence-corrected chi connectivity index (χ1v) is 6.52. The maximum absolute atomic E-state index is 11.9. The van der Waals surface area contributed by atoms with Crippen molar-refractivity contribution in [2.75, 3.05) is 0 Å². The van der Waals surface area contributed by atoms with Crippen LogP contribution in [0.2, 0.25) is 0 Å².